The van der Waals surface area contributed by atoms with Gasteiger partial charge in [-0.15, -0.1) is 0 Å². The van der Waals surface area contributed by atoms with Gasteiger partial charge in [0.1, 0.15) is 5.75 Å². The van der Waals surface area contributed by atoms with Crippen molar-refractivity contribution in [3.05, 3.63) is 42.5 Å². The molecule has 2 N–H and O–H groups in total. The van der Waals surface area contributed by atoms with E-state index in [0.717, 1.165) is 5.39 Å². The van der Waals surface area contributed by atoms with Gasteiger partial charge in [0.05, 0.1) is 6.04 Å². The van der Waals surface area contributed by atoms with Gasteiger partial charge in [-0.3, -0.25) is 0 Å². The van der Waals surface area contributed by atoms with Crippen LogP contribution < -0.4 is 10.5 Å². The number of fused-ring (bicyclic) bond motifs is 1. The zero-order valence-electron chi connectivity index (χ0n) is 11.0. The second-order valence-electron chi connectivity index (χ2n) is 4.63. The first-order chi connectivity index (χ1) is 9.43. The fourth-order valence-electron chi connectivity index (χ4n) is 2.05. The predicted octanol–water partition coefficient (Wildman–Crippen LogP) is 3.89. The van der Waals surface area contributed by atoms with Gasteiger partial charge in [-0.1, -0.05) is 43.3 Å². The van der Waals surface area contributed by atoms with Crippen LogP contribution in [-0.2, 0) is 0 Å². The summed E-state index contributed by atoms with van der Waals surface area (Å²) < 4.78 is 44.3. The third-order valence-corrected chi connectivity index (χ3v) is 3.19. The summed E-state index contributed by atoms with van der Waals surface area (Å²) >= 11 is 0. The highest BCUT2D eigenvalue weighted by Crippen LogP contribution is 2.31. The zero-order chi connectivity index (χ0) is 14.8. The van der Waals surface area contributed by atoms with E-state index in [1.54, 1.807) is 25.1 Å². The molecule has 0 radical (unpaired) electrons. The molecule has 0 bridgehead atoms. The Hall–Kier alpha value is -1.75. The summed E-state index contributed by atoms with van der Waals surface area (Å²) in [6, 6.07) is 11.1. The third kappa shape index (κ3) is 3.04. The maximum Gasteiger partial charge on any atom is 0.426 e. The van der Waals surface area contributed by atoms with Crippen LogP contribution >= 0.6 is 0 Å². The Balaban J connectivity index is 2.38. The molecule has 2 aromatic rings. The highest BCUT2D eigenvalue weighted by atomic mass is 19.4. The molecule has 20 heavy (non-hydrogen) atoms. The number of hydrogen-bond donors (Lipinski definition) is 1. The Morgan fingerprint density at radius 3 is 2.40 bits per heavy atom. The molecular formula is C15H16F3NO. The molecule has 2 aromatic carbocycles. The Morgan fingerprint density at radius 2 is 1.75 bits per heavy atom. The second-order valence-corrected chi connectivity index (χ2v) is 4.63. The average molecular weight is 283 g/mol. The topological polar surface area (TPSA) is 35.2 Å². The quantitative estimate of drug-likeness (QED) is 0.924. The van der Waals surface area contributed by atoms with Crippen molar-refractivity contribution in [1.82, 2.24) is 0 Å². The SMILES string of the molecule is CCC(N)C(Oc1cccc2ccccc12)C(F)(F)F. The van der Waals surface area contributed by atoms with Crippen molar-refractivity contribution in [2.75, 3.05) is 0 Å². The molecule has 0 aliphatic carbocycles. The van der Waals surface area contributed by atoms with Gasteiger partial charge in [0.2, 0.25) is 6.10 Å². The van der Waals surface area contributed by atoms with Crippen molar-refractivity contribution in [1.29, 1.82) is 0 Å². The van der Waals surface area contributed by atoms with E-state index in [1.807, 2.05) is 18.2 Å². The maximum absolute atomic E-state index is 13.0. The molecule has 0 spiro atoms. The fourth-order valence-corrected chi connectivity index (χ4v) is 2.05. The van der Waals surface area contributed by atoms with Gasteiger partial charge in [0, 0.05) is 5.39 Å². The van der Waals surface area contributed by atoms with Gasteiger partial charge in [0.15, 0.2) is 0 Å². The van der Waals surface area contributed by atoms with E-state index >= 15 is 0 Å². The number of benzene rings is 2. The van der Waals surface area contributed by atoms with Crippen LogP contribution in [0.25, 0.3) is 10.8 Å². The minimum absolute atomic E-state index is 0.189. The molecule has 0 aliphatic heterocycles. The predicted molar refractivity (Wildman–Crippen MR) is 72.7 cm³/mol. The minimum atomic E-state index is -4.49. The molecule has 2 unspecified atom stereocenters. The van der Waals surface area contributed by atoms with Crippen LogP contribution in [-0.4, -0.2) is 18.3 Å². The first-order valence-corrected chi connectivity index (χ1v) is 6.40. The summed E-state index contributed by atoms with van der Waals surface area (Å²) in [7, 11) is 0. The van der Waals surface area contributed by atoms with Crippen molar-refractivity contribution in [2.45, 2.75) is 31.7 Å². The van der Waals surface area contributed by atoms with E-state index < -0.39 is 18.3 Å². The summed E-state index contributed by atoms with van der Waals surface area (Å²) in [5.74, 6) is 0.203. The number of alkyl halides is 3. The lowest BCUT2D eigenvalue weighted by Gasteiger charge is -2.26. The highest BCUT2D eigenvalue weighted by Gasteiger charge is 2.45. The van der Waals surface area contributed by atoms with Gasteiger partial charge < -0.3 is 10.5 Å². The molecule has 0 saturated carbocycles. The van der Waals surface area contributed by atoms with Gasteiger partial charge in [-0.2, -0.15) is 13.2 Å². The zero-order valence-corrected chi connectivity index (χ0v) is 11.0. The number of nitrogens with two attached hydrogens (primary N) is 1. The molecule has 0 amide bonds. The molecule has 108 valence electrons. The number of rotatable bonds is 4. The van der Waals surface area contributed by atoms with Crippen LogP contribution in [0.3, 0.4) is 0 Å². The van der Waals surface area contributed by atoms with Crippen LogP contribution in [0, 0.1) is 0 Å². The standard InChI is InChI=1S/C15H16F3NO/c1-2-12(19)14(15(16,17)18)20-13-9-5-7-10-6-3-4-8-11(10)13/h3-9,12,14H,2,19H2,1H3. The lowest BCUT2D eigenvalue weighted by atomic mass is 10.1. The molecule has 2 rings (SSSR count). The van der Waals surface area contributed by atoms with Gasteiger partial charge in [-0.25, -0.2) is 0 Å². The molecule has 5 heteroatoms. The first kappa shape index (κ1) is 14.7. The normalized spacial score (nSPS) is 15.1. The summed E-state index contributed by atoms with van der Waals surface area (Å²) in [5, 5.41) is 1.48. The van der Waals surface area contributed by atoms with E-state index in [2.05, 4.69) is 0 Å². The smallest absolute Gasteiger partial charge is 0.426 e. The van der Waals surface area contributed by atoms with Crippen LogP contribution in [0.5, 0.6) is 5.75 Å². The van der Waals surface area contributed by atoms with E-state index in [4.69, 9.17) is 10.5 Å². The summed E-state index contributed by atoms with van der Waals surface area (Å²) in [6.45, 7) is 1.61. The Kier molecular flexibility index (Phi) is 4.18. The van der Waals surface area contributed by atoms with Crippen LogP contribution in [0.15, 0.2) is 42.5 Å². The van der Waals surface area contributed by atoms with E-state index in [0.29, 0.717) is 5.39 Å². The molecule has 0 heterocycles. The molecule has 0 aliphatic rings. The third-order valence-electron chi connectivity index (χ3n) is 3.19. The highest BCUT2D eigenvalue weighted by molar-refractivity contribution is 5.88. The lowest BCUT2D eigenvalue weighted by Crippen LogP contribution is -2.48. The molecule has 0 saturated heterocycles. The van der Waals surface area contributed by atoms with E-state index in [-0.39, 0.29) is 12.2 Å². The Bertz CT molecular complexity index is 577. The Morgan fingerprint density at radius 1 is 1.10 bits per heavy atom. The molecule has 0 aromatic heterocycles. The van der Waals surface area contributed by atoms with Gasteiger partial charge in [0.25, 0.3) is 0 Å². The second kappa shape index (κ2) is 5.71. The summed E-state index contributed by atoms with van der Waals surface area (Å²) in [5.41, 5.74) is 5.55. The average Bonchev–Trinajstić information content (AvgIpc) is 2.42. The van der Waals surface area contributed by atoms with E-state index in [9.17, 15) is 13.2 Å². The monoisotopic (exact) mass is 283 g/mol. The number of hydrogen-bond acceptors (Lipinski definition) is 2. The fraction of sp³-hybridized carbons (Fsp3) is 0.333. The lowest BCUT2D eigenvalue weighted by molar-refractivity contribution is -0.200. The van der Waals surface area contributed by atoms with Crippen molar-refractivity contribution in [3.8, 4) is 5.75 Å². The molecule has 2 atom stereocenters. The number of ether oxygens (including phenoxy) is 1. The van der Waals surface area contributed by atoms with Crippen molar-refractivity contribution in [3.63, 3.8) is 0 Å². The largest absolute Gasteiger partial charge is 0.479 e. The summed E-state index contributed by atoms with van der Waals surface area (Å²) in [6.07, 6.45) is -6.31. The van der Waals surface area contributed by atoms with Gasteiger partial charge >= 0.3 is 6.18 Å². The molecule has 0 fully saturated rings. The minimum Gasteiger partial charge on any atom is -0.479 e. The van der Waals surface area contributed by atoms with Crippen molar-refractivity contribution < 1.29 is 17.9 Å². The molecular weight excluding hydrogens is 267 g/mol. The Labute approximate surface area is 115 Å². The first-order valence-electron chi connectivity index (χ1n) is 6.40. The number of halogens is 3. The maximum atomic E-state index is 13.0. The van der Waals surface area contributed by atoms with Crippen LogP contribution in [0.1, 0.15) is 13.3 Å². The van der Waals surface area contributed by atoms with Gasteiger partial charge in [-0.05, 0) is 17.9 Å². The summed E-state index contributed by atoms with van der Waals surface area (Å²) in [4.78, 5) is 0. The van der Waals surface area contributed by atoms with Crippen LogP contribution in [0.2, 0.25) is 0 Å². The van der Waals surface area contributed by atoms with Crippen LogP contribution in [0.4, 0.5) is 13.2 Å². The van der Waals surface area contributed by atoms with Crippen molar-refractivity contribution >= 4 is 10.8 Å². The van der Waals surface area contributed by atoms with Crippen molar-refractivity contribution in [2.24, 2.45) is 5.73 Å². The molecule has 2 nitrogen and oxygen atoms in total. The van der Waals surface area contributed by atoms with E-state index in [1.165, 1.54) is 6.07 Å².